The number of nitrogens with zero attached hydrogens (tertiary/aromatic N) is 2. The first-order valence-corrected chi connectivity index (χ1v) is 11.6. The fourth-order valence-corrected chi connectivity index (χ4v) is 4.44. The lowest BCUT2D eigenvalue weighted by atomic mass is 10.0. The van der Waals surface area contributed by atoms with Crippen LogP contribution in [0.2, 0.25) is 15.1 Å². The normalized spacial score (nSPS) is 15.6. The number of anilines is 1. The number of carbonyl (C=O) groups is 3. The van der Waals surface area contributed by atoms with Gasteiger partial charge in [-0.05, 0) is 37.3 Å². The first-order chi connectivity index (χ1) is 16.2. The Morgan fingerprint density at radius 1 is 1.12 bits per heavy atom. The van der Waals surface area contributed by atoms with Gasteiger partial charge in [-0.2, -0.15) is 0 Å². The molecule has 2 amide bonds. The van der Waals surface area contributed by atoms with Crippen LogP contribution in [0.15, 0.2) is 43.0 Å². The Labute approximate surface area is 213 Å². The Hall–Kier alpha value is -2.74. The molecule has 1 fully saturated rings. The van der Waals surface area contributed by atoms with Crippen molar-refractivity contribution in [2.24, 2.45) is 0 Å². The second kappa shape index (κ2) is 11.1. The van der Waals surface area contributed by atoms with Gasteiger partial charge >= 0.3 is 0 Å². The van der Waals surface area contributed by atoms with Crippen LogP contribution >= 0.6 is 34.8 Å². The molecule has 1 atom stereocenters. The van der Waals surface area contributed by atoms with E-state index in [0.717, 1.165) is 0 Å². The van der Waals surface area contributed by atoms with E-state index in [2.05, 4.69) is 11.9 Å². The van der Waals surface area contributed by atoms with Crippen LogP contribution in [-0.4, -0.2) is 66.7 Å². The molecule has 0 spiro atoms. The Bertz CT molecular complexity index is 1140. The number of methoxy groups -OCH3 is 1. The lowest BCUT2D eigenvalue weighted by Crippen LogP contribution is -2.59. The van der Waals surface area contributed by atoms with Crippen molar-refractivity contribution in [3.05, 3.63) is 58.1 Å². The van der Waals surface area contributed by atoms with Crippen molar-refractivity contribution in [3.8, 4) is 16.9 Å². The van der Waals surface area contributed by atoms with Crippen LogP contribution in [0.25, 0.3) is 11.1 Å². The molecule has 2 aromatic carbocycles. The third kappa shape index (κ3) is 5.66. The number of rotatable bonds is 7. The summed E-state index contributed by atoms with van der Waals surface area (Å²) in [4.78, 5) is 40.1. The average molecular weight is 525 g/mol. The number of hydrogen-bond donors (Lipinski definition) is 1. The van der Waals surface area contributed by atoms with Gasteiger partial charge in [0.1, 0.15) is 11.8 Å². The summed E-state index contributed by atoms with van der Waals surface area (Å²) in [5, 5.41) is 4.47. The molecule has 0 aromatic heterocycles. The molecule has 2 aromatic rings. The molecule has 3 rings (SSSR count). The van der Waals surface area contributed by atoms with E-state index in [1.165, 1.54) is 25.0 Å². The molecule has 0 aliphatic carbocycles. The van der Waals surface area contributed by atoms with Crippen LogP contribution in [0.1, 0.15) is 6.92 Å². The minimum Gasteiger partial charge on any atom is -0.495 e. The molecule has 7 nitrogen and oxygen atoms in total. The van der Waals surface area contributed by atoms with Crippen LogP contribution in [0.3, 0.4) is 0 Å². The number of ketones is 1. The van der Waals surface area contributed by atoms with E-state index in [1.54, 1.807) is 35.2 Å². The zero-order valence-electron chi connectivity index (χ0n) is 18.7. The molecule has 1 aliphatic rings. The molecule has 10 heteroatoms. The quantitative estimate of drug-likeness (QED) is 0.538. The molecular weight excluding hydrogens is 501 g/mol. The van der Waals surface area contributed by atoms with Crippen LogP contribution in [0, 0.1) is 0 Å². The smallest absolute Gasteiger partial charge is 0.246 e. The molecule has 180 valence electrons. The van der Waals surface area contributed by atoms with Crippen molar-refractivity contribution in [1.29, 1.82) is 0 Å². The van der Waals surface area contributed by atoms with Gasteiger partial charge < -0.3 is 19.9 Å². The molecule has 0 saturated carbocycles. The number of carbonyl (C=O) groups excluding carboxylic acids is 3. The Morgan fingerprint density at radius 2 is 1.82 bits per heavy atom. The monoisotopic (exact) mass is 523 g/mol. The van der Waals surface area contributed by atoms with E-state index >= 15 is 0 Å². The van der Waals surface area contributed by atoms with Crippen LogP contribution < -0.4 is 10.1 Å². The zero-order valence-corrected chi connectivity index (χ0v) is 21.0. The van der Waals surface area contributed by atoms with Gasteiger partial charge in [0.25, 0.3) is 0 Å². The fourth-order valence-electron chi connectivity index (χ4n) is 3.79. The highest BCUT2D eigenvalue weighted by molar-refractivity contribution is 6.37. The maximum atomic E-state index is 12.9. The van der Waals surface area contributed by atoms with Gasteiger partial charge in [0.05, 0.1) is 24.4 Å². The maximum Gasteiger partial charge on any atom is 0.246 e. The van der Waals surface area contributed by atoms with E-state index in [9.17, 15) is 14.4 Å². The summed E-state index contributed by atoms with van der Waals surface area (Å²) in [6, 6.07) is 7.73. The number of hydrogen-bond acceptors (Lipinski definition) is 5. The standard InChI is InChI=1S/C24H24Cl3N3O4/c1-4-23(32)30-8-7-29(13-21(30)14(2)31)24(33)12-28-20-10-17(19(27)11-22(20)34-3)16-9-15(25)5-6-18(16)26/h4-6,9-11,21,28H,1,7-8,12-13H2,2-3H3. The number of ether oxygens (including phenoxy) is 1. The van der Waals surface area contributed by atoms with Crippen molar-refractivity contribution in [2.45, 2.75) is 13.0 Å². The van der Waals surface area contributed by atoms with E-state index < -0.39 is 6.04 Å². The number of nitrogens with one attached hydrogen (secondary N) is 1. The first-order valence-electron chi connectivity index (χ1n) is 10.4. The van der Waals surface area contributed by atoms with E-state index in [1.807, 2.05) is 0 Å². The largest absolute Gasteiger partial charge is 0.495 e. The second-order valence-corrected chi connectivity index (χ2v) is 8.96. The topological polar surface area (TPSA) is 79.0 Å². The van der Waals surface area contributed by atoms with Crippen molar-refractivity contribution < 1.29 is 19.1 Å². The number of amides is 2. The number of Topliss-reactive ketones (excluding diaryl/α,β-unsaturated/α-hetero) is 1. The Balaban J connectivity index is 1.79. The first kappa shape index (κ1) is 25.9. The summed E-state index contributed by atoms with van der Waals surface area (Å²) in [5.74, 6) is -0.300. The van der Waals surface area contributed by atoms with E-state index in [0.29, 0.717) is 44.2 Å². The minimum atomic E-state index is -0.704. The summed E-state index contributed by atoms with van der Waals surface area (Å²) >= 11 is 18.9. The Kier molecular flexibility index (Phi) is 8.47. The molecule has 1 unspecified atom stereocenters. The molecular formula is C24H24Cl3N3O4. The van der Waals surface area contributed by atoms with Crippen LogP contribution in [0.5, 0.6) is 5.75 Å². The summed E-state index contributed by atoms with van der Waals surface area (Å²) < 4.78 is 5.42. The maximum absolute atomic E-state index is 12.9. The predicted molar refractivity (Wildman–Crippen MR) is 135 cm³/mol. The van der Waals surface area contributed by atoms with Crippen molar-refractivity contribution in [3.63, 3.8) is 0 Å². The summed E-state index contributed by atoms with van der Waals surface area (Å²) in [5.41, 5.74) is 1.80. The van der Waals surface area contributed by atoms with Crippen LogP contribution in [-0.2, 0) is 14.4 Å². The van der Waals surface area contributed by atoms with Gasteiger partial charge in [0.15, 0.2) is 5.78 Å². The van der Waals surface area contributed by atoms with E-state index in [4.69, 9.17) is 39.5 Å². The van der Waals surface area contributed by atoms with Gasteiger partial charge in [-0.25, -0.2) is 0 Å². The van der Waals surface area contributed by atoms with Gasteiger partial charge in [-0.15, -0.1) is 0 Å². The van der Waals surface area contributed by atoms with Gasteiger partial charge in [0.2, 0.25) is 11.8 Å². The lowest BCUT2D eigenvalue weighted by molar-refractivity contribution is -0.143. The van der Waals surface area contributed by atoms with Crippen molar-refractivity contribution in [1.82, 2.24) is 9.80 Å². The van der Waals surface area contributed by atoms with Gasteiger partial charge in [-0.1, -0.05) is 41.4 Å². The lowest BCUT2D eigenvalue weighted by Gasteiger charge is -2.39. The summed E-state index contributed by atoms with van der Waals surface area (Å²) in [7, 11) is 1.50. The second-order valence-electron chi connectivity index (χ2n) is 7.71. The zero-order chi connectivity index (χ0) is 25.0. The van der Waals surface area contributed by atoms with Gasteiger partial charge in [0, 0.05) is 46.9 Å². The number of piperazine rings is 1. The Morgan fingerprint density at radius 3 is 2.47 bits per heavy atom. The molecule has 1 saturated heterocycles. The number of benzene rings is 2. The SMILES string of the molecule is C=CC(=O)N1CCN(C(=O)CNc2cc(-c3cc(Cl)ccc3Cl)c(Cl)cc2OC)CC1C(C)=O. The third-order valence-electron chi connectivity index (χ3n) is 5.60. The number of halogens is 3. The third-order valence-corrected chi connectivity index (χ3v) is 6.48. The van der Waals surface area contributed by atoms with E-state index in [-0.39, 0.29) is 37.2 Å². The molecule has 1 heterocycles. The van der Waals surface area contributed by atoms with Crippen LogP contribution in [0.4, 0.5) is 5.69 Å². The average Bonchev–Trinajstić information content (AvgIpc) is 2.83. The van der Waals surface area contributed by atoms with Crippen molar-refractivity contribution >= 4 is 58.1 Å². The fraction of sp³-hybridized carbons (Fsp3) is 0.292. The summed E-state index contributed by atoms with van der Waals surface area (Å²) in [6.07, 6.45) is 1.17. The predicted octanol–water partition coefficient (Wildman–Crippen LogP) is 4.55. The molecule has 1 N–H and O–H groups in total. The highest BCUT2D eigenvalue weighted by Gasteiger charge is 2.34. The molecule has 1 aliphatic heterocycles. The summed E-state index contributed by atoms with van der Waals surface area (Å²) in [6.45, 7) is 5.51. The van der Waals surface area contributed by atoms with Gasteiger partial charge in [-0.3, -0.25) is 14.4 Å². The molecule has 0 bridgehead atoms. The van der Waals surface area contributed by atoms with Crippen molar-refractivity contribution in [2.75, 3.05) is 38.6 Å². The highest BCUT2D eigenvalue weighted by atomic mass is 35.5. The highest BCUT2D eigenvalue weighted by Crippen LogP contribution is 2.40. The molecule has 0 radical (unpaired) electrons. The minimum absolute atomic E-state index is 0.0548. The molecule has 34 heavy (non-hydrogen) atoms.